The molecule has 7 N–H and O–H groups in total. The van der Waals surface area contributed by atoms with Crippen LogP contribution in [0.1, 0.15) is 28.4 Å². The quantitative estimate of drug-likeness (QED) is 0.289. The van der Waals surface area contributed by atoms with E-state index in [2.05, 4.69) is 0 Å². The van der Waals surface area contributed by atoms with E-state index in [9.17, 15) is 45.0 Å². The van der Waals surface area contributed by atoms with Gasteiger partial charge in [-0.25, -0.2) is 0 Å². The largest absolute Gasteiger partial charge is 0.873 e. The number of amides is 1. The summed E-state index contributed by atoms with van der Waals surface area (Å²) in [6.45, 7) is 0. The van der Waals surface area contributed by atoms with Gasteiger partial charge in [-0.3, -0.25) is 14.4 Å². The lowest BCUT2D eigenvalue weighted by Gasteiger charge is -2.54. The van der Waals surface area contributed by atoms with E-state index >= 15 is 0 Å². The smallest absolute Gasteiger partial charge is 0.251 e. The number of ketones is 2. The van der Waals surface area contributed by atoms with Gasteiger partial charge in [0, 0.05) is 12.5 Å². The third-order valence-electron chi connectivity index (χ3n) is 5.87. The highest BCUT2D eigenvalue weighted by atomic mass is 16.5. The van der Waals surface area contributed by atoms with Crippen molar-refractivity contribution in [2.24, 2.45) is 5.73 Å². The third-order valence-corrected chi connectivity index (χ3v) is 5.87. The Morgan fingerprint density at radius 1 is 1.23 bits per heavy atom. The van der Waals surface area contributed by atoms with Gasteiger partial charge in [-0.15, -0.1) is 0 Å². The molecule has 0 saturated heterocycles. The predicted octanol–water partition coefficient (Wildman–Crippen LogP) is -1.98. The zero-order valence-electron chi connectivity index (χ0n) is 15.9. The van der Waals surface area contributed by atoms with Crippen molar-refractivity contribution in [1.82, 2.24) is 0 Å². The van der Waals surface area contributed by atoms with Gasteiger partial charge in [0.1, 0.15) is 29.0 Å². The Balaban J connectivity index is 2.11. The molecule has 0 unspecified atom stereocenters. The number of nitrogens with two attached hydrogens (primary N) is 1. The van der Waals surface area contributed by atoms with Gasteiger partial charge < -0.3 is 41.1 Å². The van der Waals surface area contributed by atoms with Crippen molar-refractivity contribution in [3.05, 3.63) is 40.7 Å². The summed E-state index contributed by atoms with van der Waals surface area (Å²) in [5.74, 6) is -7.37. The van der Waals surface area contributed by atoms with Gasteiger partial charge in [0.15, 0.2) is 11.4 Å². The molecule has 2 aromatic rings. The van der Waals surface area contributed by atoms with Gasteiger partial charge in [0.05, 0.1) is 23.6 Å². The molecule has 31 heavy (non-hydrogen) atoms. The average molecular weight is 430 g/mol. The minimum Gasteiger partial charge on any atom is -0.873 e. The van der Waals surface area contributed by atoms with Crippen LogP contribution in [0, 0.1) is 0 Å². The van der Waals surface area contributed by atoms with Crippen molar-refractivity contribution in [2.45, 2.75) is 23.7 Å². The Morgan fingerprint density at radius 3 is 2.45 bits per heavy atom. The van der Waals surface area contributed by atoms with Crippen molar-refractivity contribution in [3.63, 3.8) is 0 Å². The monoisotopic (exact) mass is 430 g/mol. The summed E-state index contributed by atoms with van der Waals surface area (Å²) >= 11 is 0. The zero-order valence-corrected chi connectivity index (χ0v) is 15.9. The molecule has 0 aliphatic heterocycles. The van der Waals surface area contributed by atoms with Crippen molar-refractivity contribution in [3.8, 4) is 17.2 Å². The number of hydrogen-bond donors (Lipinski definition) is 6. The Kier molecular flexibility index (Phi) is 4.10. The maximum Gasteiger partial charge on any atom is 0.251 e. The number of phenols is 2. The summed E-state index contributed by atoms with van der Waals surface area (Å²) in [5.41, 5.74) is -3.89. The molecule has 162 valence electrons. The SMILES string of the molecule is COc1cc(O)c2c(O)c3c(cc2c1)[C@H](O)[C@@]1(O)CC(=O)C(C(N)=O)=C([O-])[C@@]1(O)C3=O. The topological polar surface area (TPSA) is 211 Å². The lowest BCUT2D eigenvalue weighted by Crippen LogP contribution is -2.71. The maximum absolute atomic E-state index is 13.2. The summed E-state index contributed by atoms with van der Waals surface area (Å²) in [5, 5.41) is 66.5. The zero-order chi connectivity index (χ0) is 23.0. The fraction of sp³-hybridized carbons (Fsp3) is 0.250. The summed E-state index contributed by atoms with van der Waals surface area (Å²) in [7, 11) is 1.31. The number of carbonyl (C=O) groups excluding carboxylic acids is 3. The summed E-state index contributed by atoms with van der Waals surface area (Å²) in [6.07, 6.45) is -3.38. The molecule has 4 rings (SSSR count). The van der Waals surface area contributed by atoms with Gasteiger partial charge in [0.2, 0.25) is 5.78 Å². The molecular formula is C20H16NO10-. The number of carbonyl (C=O) groups is 3. The number of hydrogen-bond acceptors (Lipinski definition) is 10. The Hall–Kier alpha value is -3.67. The van der Waals surface area contributed by atoms with Crippen LogP contribution in [0.25, 0.3) is 10.8 Å². The molecule has 0 aromatic heterocycles. The van der Waals surface area contributed by atoms with Gasteiger partial charge in [0.25, 0.3) is 5.91 Å². The van der Waals surface area contributed by atoms with Crippen molar-refractivity contribution >= 4 is 28.2 Å². The highest BCUT2D eigenvalue weighted by Crippen LogP contribution is 2.54. The minimum atomic E-state index is -3.48. The fourth-order valence-corrected chi connectivity index (χ4v) is 4.31. The number of rotatable bonds is 2. The summed E-state index contributed by atoms with van der Waals surface area (Å²) in [6, 6.07) is 3.62. The van der Waals surface area contributed by atoms with Crippen LogP contribution >= 0.6 is 0 Å². The van der Waals surface area contributed by atoms with Crippen LogP contribution in [0.3, 0.4) is 0 Å². The first kappa shape index (κ1) is 20.6. The number of aromatic hydroxyl groups is 2. The molecule has 0 radical (unpaired) electrons. The molecule has 11 heteroatoms. The van der Waals surface area contributed by atoms with E-state index in [1.807, 2.05) is 0 Å². The van der Waals surface area contributed by atoms with E-state index in [1.165, 1.54) is 13.2 Å². The second-order valence-corrected chi connectivity index (χ2v) is 7.47. The molecule has 0 fully saturated rings. The van der Waals surface area contributed by atoms with Gasteiger partial charge in [-0.2, -0.15) is 0 Å². The van der Waals surface area contributed by atoms with E-state index in [0.717, 1.165) is 12.1 Å². The predicted molar refractivity (Wildman–Crippen MR) is 98.9 cm³/mol. The molecular weight excluding hydrogens is 414 g/mol. The number of fused-ring (bicyclic) bond motifs is 3. The molecule has 11 nitrogen and oxygen atoms in total. The summed E-state index contributed by atoms with van der Waals surface area (Å²) in [4.78, 5) is 37.1. The number of aliphatic hydroxyl groups is 3. The molecule has 0 spiro atoms. The van der Waals surface area contributed by atoms with E-state index in [4.69, 9.17) is 10.5 Å². The average Bonchev–Trinajstić information content (AvgIpc) is 2.69. The van der Waals surface area contributed by atoms with Crippen LogP contribution in [0.5, 0.6) is 17.2 Å². The fourth-order valence-electron chi connectivity index (χ4n) is 4.31. The molecule has 3 atom stereocenters. The van der Waals surface area contributed by atoms with Gasteiger partial charge in [-0.1, -0.05) is 5.76 Å². The second-order valence-electron chi connectivity index (χ2n) is 7.47. The number of aliphatic hydroxyl groups excluding tert-OH is 1. The first-order chi connectivity index (χ1) is 14.4. The van der Waals surface area contributed by atoms with Crippen LogP contribution in [-0.4, -0.2) is 61.3 Å². The normalized spacial score (nSPS) is 27.8. The van der Waals surface area contributed by atoms with Gasteiger partial charge >= 0.3 is 0 Å². The maximum atomic E-state index is 13.2. The van der Waals surface area contributed by atoms with Crippen LogP contribution in [0.15, 0.2) is 29.5 Å². The Bertz CT molecular complexity index is 1250. The lowest BCUT2D eigenvalue weighted by atomic mass is 9.60. The van der Waals surface area contributed by atoms with E-state index in [0.29, 0.717) is 0 Å². The summed E-state index contributed by atoms with van der Waals surface area (Å²) < 4.78 is 5.02. The molecule has 2 aliphatic carbocycles. The van der Waals surface area contributed by atoms with Crippen molar-refractivity contribution < 1.29 is 49.8 Å². The van der Waals surface area contributed by atoms with E-state index in [-0.39, 0.29) is 16.5 Å². The molecule has 2 aliphatic rings. The number of benzene rings is 2. The minimum absolute atomic E-state index is 0.0897. The number of methoxy groups -OCH3 is 1. The Labute approximate surface area is 173 Å². The Morgan fingerprint density at radius 2 is 1.87 bits per heavy atom. The van der Waals surface area contributed by atoms with Crippen LogP contribution in [0.4, 0.5) is 0 Å². The molecule has 0 heterocycles. The molecule has 1 amide bonds. The van der Waals surface area contributed by atoms with E-state index < -0.39 is 75.2 Å². The molecule has 2 aromatic carbocycles. The van der Waals surface area contributed by atoms with Crippen molar-refractivity contribution in [2.75, 3.05) is 7.11 Å². The number of ether oxygens (including phenoxy) is 1. The lowest BCUT2D eigenvalue weighted by molar-refractivity contribution is -0.350. The number of Topliss-reactive ketones (excluding diaryl/α,β-unsaturated/α-hetero) is 2. The molecule has 0 bridgehead atoms. The van der Waals surface area contributed by atoms with Gasteiger partial charge in [-0.05, 0) is 23.1 Å². The van der Waals surface area contributed by atoms with Crippen LogP contribution in [0.2, 0.25) is 0 Å². The van der Waals surface area contributed by atoms with Crippen LogP contribution in [-0.2, 0) is 9.59 Å². The van der Waals surface area contributed by atoms with Crippen LogP contribution < -0.4 is 15.6 Å². The van der Waals surface area contributed by atoms with E-state index in [1.54, 1.807) is 0 Å². The second kappa shape index (κ2) is 6.17. The number of phenolic OH excluding ortho intramolecular Hbond substituents is 2. The first-order valence-corrected chi connectivity index (χ1v) is 8.89. The third kappa shape index (κ3) is 2.30. The number of primary amides is 1. The standard InChI is InChI=1S/C20H17NO10/c1-31-7-2-6-3-8-12(14(24)11(6)9(22)4-7)16(26)20(30)17(27)13(18(21)28)10(23)5-19(20,29)15(8)25/h2-4,15,22,24-25,27,29-30H,5H2,1H3,(H2,21,28)/p-1/t15-,19-,20-/m0/s1. The molecule has 0 saturated carbocycles. The highest BCUT2D eigenvalue weighted by Gasteiger charge is 2.66. The highest BCUT2D eigenvalue weighted by molar-refractivity contribution is 6.24. The van der Waals surface area contributed by atoms with Crippen molar-refractivity contribution in [1.29, 1.82) is 0 Å². The first-order valence-electron chi connectivity index (χ1n) is 8.89.